The molecule has 0 fully saturated rings. The molecule has 6 heteroatoms. The molecule has 1 N–H and O–H groups in total. The Hall–Kier alpha value is -2.05. The SMILES string of the molecule is CSc1ccc2c(c1)C=Cc1ccc(C(=O)O)cc1S2(=O)=O. The van der Waals surface area contributed by atoms with Gasteiger partial charge in [-0.15, -0.1) is 11.8 Å². The van der Waals surface area contributed by atoms with E-state index in [0.29, 0.717) is 11.1 Å². The summed E-state index contributed by atoms with van der Waals surface area (Å²) in [7, 11) is -3.75. The molecule has 3 rings (SSSR count). The molecule has 0 atom stereocenters. The topological polar surface area (TPSA) is 71.4 Å². The molecule has 112 valence electrons. The number of carboxylic acid groups (broad SMARTS) is 1. The molecule has 0 unspecified atom stereocenters. The van der Waals surface area contributed by atoms with E-state index in [4.69, 9.17) is 5.11 Å². The van der Waals surface area contributed by atoms with Gasteiger partial charge in [0.2, 0.25) is 9.84 Å². The van der Waals surface area contributed by atoms with Gasteiger partial charge in [0.15, 0.2) is 0 Å². The fraction of sp³-hybridized carbons (Fsp3) is 0.0625. The Morgan fingerprint density at radius 2 is 1.73 bits per heavy atom. The van der Waals surface area contributed by atoms with Crippen molar-refractivity contribution < 1.29 is 18.3 Å². The van der Waals surface area contributed by atoms with Crippen LogP contribution in [0.5, 0.6) is 0 Å². The van der Waals surface area contributed by atoms with E-state index in [1.807, 2.05) is 12.3 Å². The van der Waals surface area contributed by atoms with Crippen LogP contribution in [0.1, 0.15) is 21.5 Å². The minimum Gasteiger partial charge on any atom is -0.478 e. The second-order valence-electron chi connectivity index (χ2n) is 4.80. The predicted molar refractivity (Wildman–Crippen MR) is 86.0 cm³/mol. The van der Waals surface area contributed by atoms with Crippen LogP contribution in [0.2, 0.25) is 0 Å². The van der Waals surface area contributed by atoms with E-state index < -0.39 is 15.8 Å². The summed E-state index contributed by atoms with van der Waals surface area (Å²) in [6.07, 6.45) is 5.37. The number of hydrogen-bond donors (Lipinski definition) is 1. The second kappa shape index (κ2) is 5.30. The van der Waals surface area contributed by atoms with Crippen LogP contribution in [-0.2, 0) is 9.84 Å². The van der Waals surface area contributed by atoms with Crippen LogP contribution in [0.25, 0.3) is 12.2 Å². The highest BCUT2D eigenvalue weighted by atomic mass is 32.2. The second-order valence-corrected chi connectivity index (χ2v) is 7.56. The zero-order chi connectivity index (χ0) is 15.9. The minimum atomic E-state index is -3.75. The van der Waals surface area contributed by atoms with E-state index in [1.54, 1.807) is 24.3 Å². The largest absolute Gasteiger partial charge is 0.478 e. The molecule has 0 amide bonds. The maximum Gasteiger partial charge on any atom is 0.335 e. The molecular formula is C16H12O4S2. The summed E-state index contributed by atoms with van der Waals surface area (Å²) in [5, 5.41) is 9.07. The van der Waals surface area contributed by atoms with Crippen LogP contribution in [0.15, 0.2) is 51.1 Å². The van der Waals surface area contributed by atoms with Crippen LogP contribution in [0.3, 0.4) is 0 Å². The Morgan fingerprint density at radius 3 is 2.41 bits per heavy atom. The summed E-state index contributed by atoms with van der Waals surface area (Å²) in [4.78, 5) is 12.3. The first-order valence-corrected chi connectivity index (χ1v) is 9.13. The van der Waals surface area contributed by atoms with Gasteiger partial charge in [-0.2, -0.15) is 0 Å². The molecule has 0 bridgehead atoms. The number of rotatable bonds is 2. The lowest BCUT2D eigenvalue weighted by Crippen LogP contribution is -2.07. The summed E-state index contributed by atoms with van der Waals surface area (Å²) < 4.78 is 25.7. The third kappa shape index (κ3) is 2.34. The lowest BCUT2D eigenvalue weighted by Gasteiger charge is -2.09. The van der Waals surface area contributed by atoms with Crippen LogP contribution in [0, 0.1) is 0 Å². The smallest absolute Gasteiger partial charge is 0.335 e. The fourth-order valence-electron chi connectivity index (χ4n) is 2.36. The first-order valence-electron chi connectivity index (χ1n) is 6.42. The highest BCUT2D eigenvalue weighted by Crippen LogP contribution is 2.34. The van der Waals surface area contributed by atoms with E-state index in [1.165, 1.54) is 30.0 Å². The van der Waals surface area contributed by atoms with E-state index in [0.717, 1.165) is 4.90 Å². The number of thioether (sulfide) groups is 1. The predicted octanol–water partition coefficient (Wildman–Crippen LogP) is 3.42. The molecule has 0 radical (unpaired) electrons. The fourth-order valence-corrected chi connectivity index (χ4v) is 4.46. The number of carbonyl (C=O) groups is 1. The zero-order valence-electron chi connectivity index (χ0n) is 11.6. The van der Waals surface area contributed by atoms with Crippen molar-refractivity contribution in [3.8, 4) is 0 Å². The Bertz CT molecular complexity index is 912. The van der Waals surface area contributed by atoms with Gasteiger partial charge in [0.05, 0.1) is 15.4 Å². The summed E-state index contributed by atoms with van der Waals surface area (Å²) in [6.45, 7) is 0. The quantitative estimate of drug-likeness (QED) is 0.728. The number of benzene rings is 2. The molecule has 0 saturated carbocycles. The lowest BCUT2D eigenvalue weighted by molar-refractivity contribution is 0.0696. The molecule has 1 aliphatic rings. The van der Waals surface area contributed by atoms with E-state index >= 15 is 0 Å². The molecule has 0 saturated heterocycles. The van der Waals surface area contributed by atoms with Crippen molar-refractivity contribution in [3.63, 3.8) is 0 Å². The Morgan fingerprint density at radius 1 is 1.00 bits per heavy atom. The Balaban J connectivity index is 2.30. The van der Waals surface area contributed by atoms with Gasteiger partial charge in [-0.3, -0.25) is 0 Å². The van der Waals surface area contributed by atoms with Crippen molar-refractivity contribution in [1.29, 1.82) is 0 Å². The summed E-state index contributed by atoms with van der Waals surface area (Å²) >= 11 is 1.53. The van der Waals surface area contributed by atoms with Crippen molar-refractivity contribution in [2.45, 2.75) is 14.7 Å². The molecule has 0 spiro atoms. The lowest BCUT2D eigenvalue weighted by atomic mass is 10.1. The molecular weight excluding hydrogens is 320 g/mol. The maximum absolute atomic E-state index is 12.9. The van der Waals surface area contributed by atoms with Crippen molar-refractivity contribution >= 4 is 39.7 Å². The monoisotopic (exact) mass is 332 g/mol. The summed E-state index contributed by atoms with van der Waals surface area (Å²) in [5.74, 6) is -1.15. The van der Waals surface area contributed by atoms with Crippen molar-refractivity contribution in [3.05, 3.63) is 53.1 Å². The van der Waals surface area contributed by atoms with Crippen LogP contribution in [-0.4, -0.2) is 25.7 Å². The summed E-state index contributed by atoms with van der Waals surface area (Å²) in [6, 6.07) is 9.29. The van der Waals surface area contributed by atoms with Gasteiger partial charge in [-0.1, -0.05) is 18.2 Å². The van der Waals surface area contributed by atoms with E-state index in [9.17, 15) is 13.2 Å². The van der Waals surface area contributed by atoms with Crippen LogP contribution >= 0.6 is 11.8 Å². The Kier molecular flexibility index (Phi) is 3.58. The maximum atomic E-state index is 12.9. The average Bonchev–Trinajstić information content (AvgIpc) is 2.62. The molecule has 1 heterocycles. The van der Waals surface area contributed by atoms with E-state index in [2.05, 4.69) is 0 Å². The van der Waals surface area contributed by atoms with Gasteiger partial charge in [0.25, 0.3) is 0 Å². The van der Waals surface area contributed by atoms with Gasteiger partial charge >= 0.3 is 5.97 Å². The minimum absolute atomic E-state index is 0.0271. The van der Waals surface area contributed by atoms with Gasteiger partial charge in [-0.05, 0) is 47.7 Å². The number of hydrogen-bond acceptors (Lipinski definition) is 4. The number of fused-ring (bicyclic) bond motifs is 2. The molecule has 4 nitrogen and oxygen atoms in total. The molecule has 2 aromatic rings. The highest BCUT2D eigenvalue weighted by molar-refractivity contribution is 7.98. The third-order valence-electron chi connectivity index (χ3n) is 3.50. The van der Waals surface area contributed by atoms with Gasteiger partial charge in [0.1, 0.15) is 0 Å². The molecule has 0 aliphatic carbocycles. The van der Waals surface area contributed by atoms with Gasteiger partial charge < -0.3 is 5.11 Å². The van der Waals surface area contributed by atoms with Crippen LogP contribution in [0.4, 0.5) is 0 Å². The average molecular weight is 332 g/mol. The third-order valence-corrected chi connectivity index (χ3v) is 6.11. The number of sulfone groups is 1. The standard InChI is InChI=1S/C16H12O4S2/c1-21-13-6-7-14-11(8-13)4-2-10-3-5-12(16(17)18)9-15(10)22(14,19)20/h2-9H,1H3,(H,17,18). The first-order chi connectivity index (χ1) is 10.4. The molecule has 2 aromatic carbocycles. The zero-order valence-corrected chi connectivity index (χ0v) is 13.2. The van der Waals surface area contributed by atoms with Crippen molar-refractivity contribution in [2.24, 2.45) is 0 Å². The number of carboxylic acids is 1. The number of aromatic carboxylic acids is 1. The van der Waals surface area contributed by atoms with Gasteiger partial charge in [-0.25, -0.2) is 13.2 Å². The highest BCUT2D eigenvalue weighted by Gasteiger charge is 2.26. The van der Waals surface area contributed by atoms with Gasteiger partial charge in [0, 0.05) is 4.90 Å². The van der Waals surface area contributed by atoms with Crippen molar-refractivity contribution in [2.75, 3.05) is 6.26 Å². The molecule has 0 aromatic heterocycles. The van der Waals surface area contributed by atoms with Crippen molar-refractivity contribution in [1.82, 2.24) is 0 Å². The Labute approximate surface area is 132 Å². The van der Waals surface area contributed by atoms with Crippen LogP contribution < -0.4 is 0 Å². The first kappa shape index (κ1) is 14.9. The van der Waals surface area contributed by atoms with E-state index in [-0.39, 0.29) is 15.4 Å². The molecule has 22 heavy (non-hydrogen) atoms. The normalized spacial score (nSPS) is 14.8. The molecule has 1 aliphatic heterocycles. The summed E-state index contributed by atoms with van der Waals surface area (Å²) in [5.41, 5.74) is 1.06.